The molecule has 0 atom stereocenters. The van der Waals surface area contributed by atoms with E-state index in [1.54, 1.807) is 30.5 Å². The van der Waals surface area contributed by atoms with Gasteiger partial charge in [-0.25, -0.2) is 5.43 Å². The molecular formula is C14H10BrClN2O. The lowest BCUT2D eigenvalue weighted by Gasteiger charge is -2.00. The summed E-state index contributed by atoms with van der Waals surface area (Å²) in [6.07, 6.45) is 1.58. The highest BCUT2D eigenvalue weighted by Crippen LogP contribution is 2.13. The van der Waals surface area contributed by atoms with Gasteiger partial charge in [0.05, 0.1) is 6.21 Å². The fraction of sp³-hybridized carbons (Fsp3) is 0. The van der Waals surface area contributed by atoms with Gasteiger partial charge in [0.1, 0.15) is 0 Å². The molecule has 0 saturated heterocycles. The summed E-state index contributed by atoms with van der Waals surface area (Å²) in [5.74, 6) is -0.278. The van der Waals surface area contributed by atoms with Crippen LogP contribution in [0.25, 0.3) is 0 Å². The van der Waals surface area contributed by atoms with Gasteiger partial charge in [-0.1, -0.05) is 45.7 Å². The number of benzene rings is 2. The maximum absolute atomic E-state index is 11.8. The van der Waals surface area contributed by atoms with Gasteiger partial charge in [-0.3, -0.25) is 4.79 Å². The average molecular weight is 338 g/mol. The van der Waals surface area contributed by atoms with Gasteiger partial charge in [-0.15, -0.1) is 0 Å². The number of carbonyl (C=O) groups excluding carboxylic acids is 1. The van der Waals surface area contributed by atoms with E-state index in [-0.39, 0.29) is 5.91 Å². The Hall–Kier alpha value is -1.65. The van der Waals surface area contributed by atoms with E-state index in [0.29, 0.717) is 10.6 Å². The number of amides is 1. The maximum atomic E-state index is 11.8. The van der Waals surface area contributed by atoms with Crippen molar-refractivity contribution in [1.82, 2.24) is 5.43 Å². The van der Waals surface area contributed by atoms with Crippen molar-refractivity contribution in [1.29, 1.82) is 0 Å². The van der Waals surface area contributed by atoms with E-state index in [1.165, 1.54) is 0 Å². The van der Waals surface area contributed by atoms with Crippen LogP contribution in [0.1, 0.15) is 15.9 Å². The molecule has 2 aromatic carbocycles. The zero-order valence-electron chi connectivity index (χ0n) is 9.81. The monoisotopic (exact) mass is 336 g/mol. The van der Waals surface area contributed by atoms with Crippen molar-refractivity contribution < 1.29 is 4.79 Å². The zero-order chi connectivity index (χ0) is 13.7. The highest BCUT2D eigenvalue weighted by Gasteiger charge is 2.03. The predicted octanol–water partition coefficient (Wildman–Crippen LogP) is 3.87. The lowest BCUT2D eigenvalue weighted by Crippen LogP contribution is -2.17. The van der Waals surface area contributed by atoms with Gasteiger partial charge in [0, 0.05) is 20.6 Å². The van der Waals surface area contributed by atoms with E-state index in [9.17, 15) is 4.79 Å². The van der Waals surface area contributed by atoms with Gasteiger partial charge in [-0.05, 0) is 30.3 Å². The Morgan fingerprint density at radius 3 is 2.53 bits per heavy atom. The number of rotatable bonds is 3. The Morgan fingerprint density at radius 2 is 1.84 bits per heavy atom. The first-order chi connectivity index (χ1) is 9.16. The minimum atomic E-state index is -0.278. The summed E-state index contributed by atoms with van der Waals surface area (Å²) >= 11 is 9.15. The first-order valence-corrected chi connectivity index (χ1v) is 6.67. The van der Waals surface area contributed by atoms with Crippen LogP contribution in [-0.4, -0.2) is 12.1 Å². The molecule has 0 saturated carbocycles. The van der Waals surface area contributed by atoms with Crippen molar-refractivity contribution in [3.05, 3.63) is 69.2 Å². The predicted molar refractivity (Wildman–Crippen MR) is 80.7 cm³/mol. The quantitative estimate of drug-likeness (QED) is 0.670. The molecule has 0 unspecified atom stereocenters. The number of nitrogens with one attached hydrogen (secondary N) is 1. The first kappa shape index (κ1) is 13.8. The molecule has 0 fully saturated rings. The second kappa shape index (κ2) is 6.50. The van der Waals surface area contributed by atoms with Gasteiger partial charge in [0.2, 0.25) is 0 Å². The normalized spacial score (nSPS) is 10.6. The smallest absolute Gasteiger partial charge is 0.267 e. The third-order valence-corrected chi connectivity index (χ3v) is 3.36. The van der Waals surface area contributed by atoms with Crippen LogP contribution < -0.4 is 5.43 Å². The summed E-state index contributed by atoms with van der Waals surface area (Å²) in [6, 6.07) is 14.2. The molecule has 96 valence electrons. The molecule has 0 aliphatic heterocycles. The van der Waals surface area contributed by atoms with Gasteiger partial charge in [0.15, 0.2) is 0 Å². The van der Waals surface area contributed by atoms with E-state index in [4.69, 9.17) is 11.6 Å². The summed E-state index contributed by atoms with van der Waals surface area (Å²) in [7, 11) is 0. The van der Waals surface area contributed by atoms with E-state index in [0.717, 1.165) is 10.0 Å². The molecule has 1 amide bonds. The van der Waals surface area contributed by atoms with Gasteiger partial charge < -0.3 is 0 Å². The molecule has 1 N–H and O–H groups in total. The van der Waals surface area contributed by atoms with Crippen molar-refractivity contribution in [2.45, 2.75) is 0 Å². The molecule has 5 heteroatoms. The van der Waals surface area contributed by atoms with Crippen LogP contribution in [0.5, 0.6) is 0 Å². The lowest BCUT2D eigenvalue weighted by molar-refractivity contribution is 0.0955. The van der Waals surface area contributed by atoms with Crippen molar-refractivity contribution >= 4 is 39.7 Å². The molecule has 0 bridgehead atoms. The van der Waals surface area contributed by atoms with Gasteiger partial charge in [-0.2, -0.15) is 5.10 Å². The van der Waals surface area contributed by atoms with Crippen LogP contribution in [-0.2, 0) is 0 Å². The number of hydrogen-bond donors (Lipinski definition) is 1. The molecule has 0 radical (unpaired) electrons. The molecule has 0 aromatic heterocycles. The van der Waals surface area contributed by atoms with Crippen molar-refractivity contribution in [3.63, 3.8) is 0 Å². The molecule has 0 heterocycles. The van der Waals surface area contributed by atoms with Crippen LogP contribution in [0.15, 0.2) is 58.1 Å². The summed E-state index contributed by atoms with van der Waals surface area (Å²) in [4.78, 5) is 11.8. The highest BCUT2D eigenvalue weighted by molar-refractivity contribution is 9.10. The Labute approximate surface area is 124 Å². The summed E-state index contributed by atoms with van der Waals surface area (Å²) in [5.41, 5.74) is 3.86. The fourth-order valence-corrected chi connectivity index (χ4v) is 1.92. The van der Waals surface area contributed by atoms with E-state index < -0.39 is 0 Å². The van der Waals surface area contributed by atoms with E-state index in [1.807, 2.05) is 24.3 Å². The van der Waals surface area contributed by atoms with Crippen LogP contribution in [0.2, 0.25) is 5.02 Å². The molecule has 2 rings (SSSR count). The molecule has 2 aromatic rings. The third-order valence-electron chi connectivity index (χ3n) is 2.38. The van der Waals surface area contributed by atoms with E-state index in [2.05, 4.69) is 26.5 Å². The van der Waals surface area contributed by atoms with E-state index >= 15 is 0 Å². The average Bonchev–Trinajstić information content (AvgIpc) is 2.41. The number of nitrogens with zero attached hydrogens (tertiary/aromatic N) is 1. The van der Waals surface area contributed by atoms with Crippen LogP contribution in [0.4, 0.5) is 0 Å². The second-order valence-corrected chi connectivity index (χ2v) is 5.02. The minimum absolute atomic E-state index is 0.278. The number of hydrogen-bond acceptors (Lipinski definition) is 2. The van der Waals surface area contributed by atoms with Crippen molar-refractivity contribution in [2.75, 3.05) is 0 Å². The summed E-state index contributed by atoms with van der Waals surface area (Å²) < 4.78 is 0.916. The largest absolute Gasteiger partial charge is 0.271 e. The van der Waals surface area contributed by atoms with Crippen molar-refractivity contribution in [3.8, 4) is 0 Å². The van der Waals surface area contributed by atoms with Gasteiger partial charge in [0.25, 0.3) is 5.91 Å². The molecule has 0 spiro atoms. The van der Waals surface area contributed by atoms with Crippen molar-refractivity contribution in [2.24, 2.45) is 5.10 Å². The van der Waals surface area contributed by atoms with Gasteiger partial charge >= 0.3 is 0 Å². The van der Waals surface area contributed by atoms with Crippen LogP contribution in [0.3, 0.4) is 0 Å². The maximum Gasteiger partial charge on any atom is 0.271 e. The Kier molecular flexibility index (Phi) is 4.71. The zero-order valence-corrected chi connectivity index (χ0v) is 12.1. The van der Waals surface area contributed by atoms with Crippen LogP contribution in [0, 0.1) is 0 Å². The topological polar surface area (TPSA) is 41.5 Å². The SMILES string of the molecule is O=C(NN=Cc1ccccc1Br)c1ccc(Cl)cc1. The molecule has 0 aliphatic carbocycles. The summed E-state index contributed by atoms with van der Waals surface area (Å²) in [6.45, 7) is 0. The fourth-order valence-electron chi connectivity index (χ4n) is 1.41. The van der Waals surface area contributed by atoms with Crippen LogP contribution >= 0.6 is 27.5 Å². The minimum Gasteiger partial charge on any atom is -0.267 e. The lowest BCUT2D eigenvalue weighted by atomic mass is 10.2. The Bertz CT molecular complexity index is 611. The summed E-state index contributed by atoms with van der Waals surface area (Å²) in [5, 5.41) is 4.50. The number of halogens is 2. The number of carbonyl (C=O) groups is 1. The standard InChI is InChI=1S/C14H10BrClN2O/c15-13-4-2-1-3-11(13)9-17-18-14(19)10-5-7-12(16)8-6-10/h1-9H,(H,18,19). The molecule has 0 aliphatic rings. The molecule has 19 heavy (non-hydrogen) atoms. The highest BCUT2D eigenvalue weighted by atomic mass is 79.9. The Morgan fingerprint density at radius 1 is 1.16 bits per heavy atom. The first-order valence-electron chi connectivity index (χ1n) is 5.50. The molecule has 3 nitrogen and oxygen atoms in total. The molecular weight excluding hydrogens is 328 g/mol. The second-order valence-electron chi connectivity index (χ2n) is 3.73. The third kappa shape index (κ3) is 3.91. The number of hydrazone groups is 1. The Balaban J connectivity index is 2.01.